The maximum atomic E-state index is 5.15. The van der Waals surface area contributed by atoms with Crippen LogP contribution in [0, 0.1) is 11.8 Å². The van der Waals surface area contributed by atoms with Crippen LogP contribution in [-0.2, 0) is 0 Å². The van der Waals surface area contributed by atoms with Gasteiger partial charge in [-0.3, -0.25) is 4.99 Å². The highest BCUT2D eigenvalue weighted by molar-refractivity contribution is 5.85. The first-order valence-electron chi connectivity index (χ1n) is 12.1. The monoisotopic (exact) mass is 382 g/mol. The summed E-state index contributed by atoms with van der Waals surface area (Å²) in [7, 11) is 0. The van der Waals surface area contributed by atoms with Crippen molar-refractivity contribution >= 4 is 5.71 Å². The largest absolute Gasteiger partial charge is 0.382 e. The quantitative estimate of drug-likeness (QED) is 0.500. The second kappa shape index (κ2) is 11.6. The number of dihydropyridines is 1. The van der Waals surface area contributed by atoms with Crippen molar-refractivity contribution in [3.63, 3.8) is 0 Å². The molecule has 3 rings (SSSR count). The summed E-state index contributed by atoms with van der Waals surface area (Å²) in [5, 5.41) is 3.74. The number of allylic oxidation sites excluding steroid dienone is 4. The maximum Gasteiger partial charge on any atom is 0.0666 e. The summed E-state index contributed by atoms with van der Waals surface area (Å²) in [6.07, 6.45) is 25.1. The third kappa shape index (κ3) is 6.36. The topological polar surface area (TPSA) is 24.4 Å². The maximum absolute atomic E-state index is 5.15. The van der Waals surface area contributed by atoms with Gasteiger partial charge in [0.2, 0.25) is 0 Å². The van der Waals surface area contributed by atoms with E-state index < -0.39 is 0 Å². The van der Waals surface area contributed by atoms with E-state index in [1.54, 1.807) is 0 Å². The Morgan fingerprint density at radius 3 is 2.00 bits per heavy atom. The molecular formula is C26H42N2. The Labute approximate surface area is 173 Å². The molecule has 0 saturated heterocycles. The molecule has 0 aromatic heterocycles. The molecule has 0 bridgehead atoms. The summed E-state index contributed by atoms with van der Waals surface area (Å²) in [4.78, 5) is 5.15. The SMILES string of the molecule is C=CC1=C(N=C(C)C2CCCCCCCC2)CNC(C2CCCCCCC2)=C1. The predicted molar refractivity (Wildman–Crippen MR) is 123 cm³/mol. The fraction of sp³-hybridized carbons (Fsp3) is 0.731. The highest BCUT2D eigenvalue weighted by atomic mass is 14.9. The Morgan fingerprint density at radius 2 is 1.43 bits per heavy atom. The van der Waals surface area contributed by atoms with E-state index in [4.69, 9.17) is 4.99 Å². The molecule has 2 nitrogen and oxygen atoms in total. The van der Waals surface area contributed by atoms with Gasteiger partial charge < -0.3 is 5.32 Å². The van der Waals surface area contributed by atoms with Crippen molar-refractivity contribution in [1.29, 1.82) is 0 Å². The van der Waals surface area contributed by atoms with Crippen molar-refractivity contribution in [2.75, 3.05) is 6.54 Å². The van der Waals surface area contributed by atoms with E-state index in [-0.39, 0.29) is 0 Å². The van der Waals surface area contributed by atoms with E-state index in [2.05, 4.69) is 24.9 Å². The number of aliphatic imine (C=N–C) groups is 1. The second-order valence-electron chi connectivity index (χ2n) is 9.25. The molecule has 28 heavy (non-hydrogen) atoms. The summed E-state index contributed by atoms with van der Waals surface area (Å²) in [6, 6.07) is 0. The molecule has 2 saturated carbocycles. The van der Waals surface area contributed by atoms with E-state index in [0.29, 0.717) is 11.8 Å². The molecule has 2 fully saturated rings. The van der Waals surface area contributed by atoms with Gasteiger partial charge in [0.25, 0.3) is 0 Å². The van der Waals surface area contributed by atoms with Gasteiger partial charge >= 0.3 is 0 Å². The third-order valence-electron chi connectivity index (χ3n) is 7.13. The number of nitrogens with zero attached hydrogens (tertiary/aromatic N) is 1. The third-order valence-corrected chi connectivity index (χ3v) is 7.13. The smallest absolute Gasteiger partial charge is 0.0666 e. The van der Waals surface area contributed by atoms with Gasteiger partial charge in [0.1, 0.15) is 0 Å². The lowest BCUT2D eigenvalue weighted by molar-refractivity contribution is 0.404. The molecule has 3 aliphatic rings. The minimum absolute atomic E-state index is 0.674. The minimum Gasteiger partial charge on any atom is -0.382 e. The molecule has 0 spiro atoms. The number of nitrogens with one attached hydrogen (secondary N) is 1. The zero-order chi connectivity index (χ0) is 19.6. The molecule has 1 heterocycles. The van der Waals surface area contributed by atoms with Gasteiger partial charge in [0, 0.05) is 11.4 Å². The Morgan fingerprint density at radius 1 is 0.893 bits per heavy atom. The lowest BCUT2D eigenvalue weighted by atomic mass is 9.87. The first-order valence-corrected chi connectivity index (χ1v) is 12.1. The van der Waals surface area contributed by atoms with Crippen LogP contribution in [0.2, 0.25) is 0 Å². The van der Waals surface area contributed by atoms with E-state index >= 15 is 0 Å². The summed E-state index contributed by atoms with van der Waals surface area (Å²) in [5.41, 5.74) is 5.23. The van der Waals surface area contributed by atoms with Gasteiger partial charge in [0.15, 0.2) is 0 Å². The van der Waals surface area contributed by atoms with Crippen LogP contribution in [0.1, 0.15) is 103 Å². The highest BCUT2D eigenvalue weighted by Crippen LogP contribution is 2.30. The molecule has 1 aliphatic heterocycles. The van der Waals surface area contributed by atoms with Crippen molar-refractivity contribution in [3.8, 4) is 0 Å². The number of hydrogen-bond acceptors (Lipinski definition) is 2. The van der Waals surface area contributed by atoms with Gasteiger partial charge in [0.05, 0.1) is 12.2 Å². The fourth-order valence-corrected chi connectivity index (χ4v) is 5.25. The van der Waals surface area contributed by atoms with Crippen LogP contribution in [0.5, 0.6) is 0 Å². The van der Waals surface area contributed by atoms with E-state index in [0.717, 1.165) is 6.54 Å². The second-order valence-corrected chi connectivity index (χ2v) is 9.25. The van der Waals surface area contributed by atoms with Crippen molar-refractivity contribution in [1.82, 2.24) is 5.32 Å². The molecule has 0 amide bonds. The summed E-state index contributed by atoms with van der Waals surface area (Å²) < 4.78 is 0. The lowest BCUT2D eigenvalue weighted by Crippen LogP contribution is -2.27. The molecule has 0 unspecified atom stereocenters. The van der Waals surface area contributed by atoms with Crippen molar-refractivity contribution in [3.05, 3.63) is 35.7 Å². The molecule has 0 aromatic carbocycles. The lowest BCUT2D eigenvalue weighted by Gasteiger charge is -2.27. The Balaban J connectivity index is 1.72. The van der Waals surface area contributed by atoms with Crippen molar-refractivity contribution in [2.24, 2.45) is 16.8 Å². The molecule has 0 radical (unpaired) electrons. The van der Waals surface area contributed by atoms with E-state index in [1.165, 1.54) is 119 Å². The minimum atomic E-state index is 0.674. The van der Waals surface area contributed by atoms with Gasteiger partial charge in [-0.05, 0) is 56.1 Å². The van der Waals surface area contributed by atoms with Crippen LogP contribution < -0.4 is 5.32 Å². The molecule has 2 heteroatoms. The Kier molecular flexibility index (Phi) is 8.89. The average Bonchev–Trinajstić information content (AvgIpc) is 2.82. The first-order chi connectivity index (χ1) is 13.8. The Bertz CT molecular complexity index is 578. The van der Waals surface area contributed by atoms with Crippen LogP contribution in [0.25, 0.3) is 0 Å². The average molecular weight is 383 g/mol. The number of hydrogen-bond donors (Lipinski definition) is 1. The first kappa shape index (κ1) is 21.4. The van der Waals surface area contributed by atoms with Crippen LogP contribution in [0.3, 0.4) is 0 Å². The summed E-state index contributed by atoms with van der Waals surface area (Å²) in [5.74, 6) is 1.38. The molecule has 0 atom stereocenters. The number of rotatable bonds is 4. The highest BCUT2D eigenvalue weighted by Gasteiger charge is 2.21. The molecule has 2 aliphatic carbocycles. The molecule has 0 aromatic rings. The predicted octanol–water partition coefficient (Wildman–Crippen LogP) is 7.49. The zero-order valence-corrected chi connectivity index (χ0v) is 18.3. The van der Waals surface area contributed by atoms with Gasteiger partial charge in [-0.2, -0.15) is 0 Å². The normalized spacial score (nSPS) is 24.9. The summed E-state index contributed by atoms with van der Waals surface area (Å²) >= 11 is 0. The Hall–Kier alpha value is -1.31. The van der Waals surface area contributed by atoms with Crippen LogP contribution in [0.4, 0.5) is 0 Å². The van der Waals surface area contributed by atoms with Gasteiger partial charge in [-0.1, -0.05) is 83.3 Å². The standard InChI is InChI=1S/C26H42N2/c1-3-22-19-25(24-17-13-9-6-10-14-18-24)27-20-26(22)28-21(2)23-15-11-7-4-5-8-12-16-23/h3,19,23-24,27H,1,4-18,20H2,2H3. The van der Waals surface area contributed by atoms with E-state index in [1.807, 2.05) is 6.08 Å². The van der Waals surface area contributed by atoms with Crippen molar-refractivity contribution in [2.45, 2.75) is 103 Å². The van der Waals surface area contributed by atoms with Crippen LogP contribution >= 0.6 is 0 Å². The molecular weight excluding hydrogens is 340 g/mol. The van der Waals surface area contributed by atoms with Gasteiger partial charge in [-0.25, -0.2) is 0 Å². The molecule has 1 N–H and O–H groups in total. The summed E-state index contributed by atoms with van der Waals surface area (Å²) in [6.45, 7) is 7.24. The van der Waals surface area contributed by atoms with E-state index in [9.17, 15) is 0 Å². The van der Waals surface area contributed by atoms with Crippen LogP contribution in [0.15, 0.2) is 40.7 Å². The molecule has 156 valence electrons. The zero-order valence-electron chi connectivity index (χ0n) is 18.3. The van der Waals surface area contributed by atoms with Crippen molar-refractivity contribution < 1.29 is 0 Å². The van der Waals surface area contributed by atoms with Gasteiger partial charge in [-0.15, -0.1) is 0 Å². The van der Waals surface area contributed by atoms with Crippen LogP contribution in [-0.4, -0.2) is 12.3 Å². The fourth-order valence-electron chi connectivity index (χ4n) is 5.25.